The maximum absolute atomic E-state index is 5.48. The molecule has 0 amide bonds. The minimum atomic E-state index is 0.179. The summed E-state index contributed by atoms with van der Waals surface area (Å²) in [6.07, 6.45) is 0.853. The van der Waals surface area contributed by atoms with E-state index >= 15 is 0 Å². The van der Waals surface area contributed by atoms with E-state index in [0.717, 1.165) is 34.4 Å². The second-order valence-corrected chi connectivity index (χ2v) is 5.74. The van der Waals surface area contributed by atoms with Gasteiger partial charge >= 0.3 is 0 Å². The van der Waals surface area contributed by atoms with E-state index in [4.69, 9.17) is 4.74 Å². The quantitative estimate of drug-likeness (QED) is 0.865. The zero-order chi connectivity index (χ0) is 15.4. The lowest BCUT2D eigenvalue weighted by Crippen LogP contribution is -2.21. The Bertz CT molecular complexity index is 610. The number of aromatic nitrogens is 2. The van der Waals surface area contributed by atoms with Crippen LogP contribution in [0.5, 0.6) is 5.75 Å². The molecule has 21 heavy (non-hydrogen) atoms. The summed E-state index contributed by atoms with van der Waals surface area (Å²) >= 11 is 3.67. The van der Waals surface area contributed by atoms with Crippen molar-refractivity contribution in [3.63, 3.8) is 0 Å². The normalized spacial score (nSPS) is 12.4. The summed E-state index contributed by atoms with van der Waals surface area (Å²) in [5.74, 6) is 0.909. The molecule has 1 unspecified atom stereocenters. The van der Waals surface area contributed by atoms with Gasteiger partial charge in [0, 0.05) is 24.6 Å². The molecule has 0 aliphatic carbocycles. The van der Waals surface area contributed by atoms with Gasteiger partial charge in [-0.05, 0) is 42.9 Å². The number of hydrogen-bond donors (Lipinski definition) is 1. The second kappa shape index (κ2) is 7.09. The molecule has 114 valence electrons. The molecule has 2 aromatic rings. The van der Waals surface area contributed by atoms with Crippen molar-refractivity contribution in [2.24, 2.45) is 0 Å². The molecule has 5 heteroatoms. The van der Waals surface area contributed by atoms with Crippen LogP contribution in [-0.2, 0) is 13.0 Å². The van der Waals surface area contributed by atoms with E-state index in [2.05, 4.69) is 44.0 Å². The first kappa shape index (κ1) is 16.0. The summed E-state index contributed by atoms with van der Waals surface area (Å²) in [4.78, 5) is 0. The first-order valence-electron chi connectivity index (χ1n) is 7.14. The molecule has 0 spiro atoms. The molecule has 0 fully saturated rings. The minimum absolute atomic E-state index is 0.179. The fourth-order valence-corrected chi connectivity index (χ4v) is 3.03. The van der Waals surface area contributed by atoms with Gasteiger partial charge in [0.2, 0.25) is 0 Å². The van der Waals surface area contributed by atoms with Crippen LogP contribution in [0.15, 0.2) is 28.7 Å². The maximum Gasteiger partial charge on any atom is 0.123 e. The molecule has 1 aromatic heterocycles. The topological polar surface area (TPSA) is 39.1 Å². The number of methoxy groups -OCH3 is 1. The van der Waals surface area contributed by atoms with Gasteiger partial charge in [-0.3, -0.25) is 4.68 Å². The van der Waals surface area contributed by atoms with E-state index in [1.54, 1.807) is 7.11 Å². The highest BCUT2D eigenvalue weighted by atomic mass is 79.9. The van der Waals surface area contributed by atoms with Crippen LogP contribution in [0.25, 0.3) is 0 Å². The monoisotopic (exact) mass is 351 g/mol. The molecule has 0 aliphatic rings. The second-order valence-electron chi connectivity index (χ2n) is 4.95. The lowest BCUT2D eigenvalue weighted by atomic mass is 10.0. The largest absolute Gasteiger partial charge is 0.496 e. The Morgan fingerprint density at radius 1 is 1.38 bits per heavy atom. The van der Waals surface area contributed by atoms with Crippen LogP contribution in [-0.4, -0.2) is 23.9 Å². The molecule has 1 aromatic carbocycles. The molecule has 0 saturated heterocycles. The van der Waals surface area contributed by atoms with Gasteiger partial charge in [-0.15, -0.1) is 0 Å². The van der Waals surface area contributed by atoms with Crippen LogP contribution in [0, 0.1) is 6.92 Å². The Kier molecular flexibility index (Phi) is 5.42. The van der Waals surface area contributed by atoms with Gasteiger partial charge in [-0.25, -0.2) is 0 Å². The average molecular weight is 352 g/mol. The number of aryl methyl sites for hydroxylation is 2. The molecular weight excluding hydrogens is 330 g/mol. The number of hydrogen-bond acceptors (Lipinski definition) is 3. The molecule has 1 atom stereocenters. The fraction of sp³-hybridized carbons (Fsp3) is 0.438. The predicted octanol–water partition coefficient (Wildman–Crippen LogP) is 3.49. The highest BCUT2D eigenvalue weighted by molar-refractivity contribution is 9.10. The standard InChI is InChI=1S/C16H22BrN3O/c1-5-20-14(16(17)11(2)19-20)10-13(18-3)12-8-6-7-9-15(12)21-4/h6-9,13,18H,5,10H2,1-4H3. The van der Waals surface area contributed by atoms with Crippen LogP contribution < -0.4 is 10.1 Å². The van der Waals surface area contributed by atoms with E-state index in [1.165, 1.54) is 5.69 Å². The van der Waals surface area contributed by atoms with Crippen LogP contribution in [0.3, 0.4) is 0 Å². The van der Waals surface area contributed by atoms with Gasteiger partial charge in [-0.2, -0.15) is 5.10 Å². The number of likely N-dealkylation sites (N-methyl/N-ethyl adjacent to an activating group) is 1. The van der Waals surface area contributed by atoms with E-state index in [-0.39, 0.29) is 6.04 Å². The number of halogens is 1. The summed E-state index contributed by atoms with van der Waals surface area (Å²) in [6, 6.07) is 8.31. The fourth-order valence-electron chi connectivity index (χ4n) is 2.58. The summed E-state index contributed by atoms with van der Waals surface area (Å²) in [6.45, 7) is 5.00. The third-order valence-corrected chi connectivity index (χ3v) is 4.74. The maximum atomic E-state index is 5.48. The molecule has 4 nitrogen and oxygen atoms in total. The Labute approximate surface area is 134 Å². The van der Waals surface area contributed by atoms with Crippen LogP contribution in [0.2, 0.25) is 0 Å². The van der Waals surface area contributed by atoms with Gasteiger partial charge in [0.1, 0.15) is 5.75 Å². The predicted molar refractivity (Wildman–Crippen MR) is 88.8 cm³/mol. The molecule has 0 saturated carbocycles. The molecule has 0 bridgehead atoms. The lowest BCUT2D eigenvalue weighted by molar-refractivity contribution is 0.400. The first-order valence-corrected chi connectivity index (χ1v) is 7.93. The van der Waals surface area contributed by atoms with E-state index in [9.17, 15) is 0 Å². The third kappa shape index (κ3) is 3.30. The number of rotatable bonds is 6. The lowest BCUT2D eigenvalue weighted by Gasteiger charge is -2.20. The van der Waals surface area contributed by atoms with Gasteiger partial charge in [0.25, 0.3) is 0 Å². The number of para-hydroxylation sites is 1. The smallest absolute Gasteiger partial charge is 0.123 e. The van der Waals surface area contributed by atoms with Crippen LogP contribution >= 0.6 is 15.9 Å². The Balaban J connectivity index is 2.36. The highest BCUT2D eigenvalue weighted by Crippen LogP contribution is 2.30. The zero-order valence-electron chi connectivity index (χ0n) is 13.0. The minimum Gasteiger partial charge on any atom is -0.496 e. The van der Waals surface area contributed by atoms with E-state index < -0.39 is 0 Å². The van der Waals surface area contributed by atoms with E-state index in [1.807, 2.05) is 32.2 Å². The molecule has 1 N–H and O–H groups in total. The van der Waals surface area contributed by atoms with Gasteiger partial charge in [0.05, 0.1) is 23.0 Å². The Morgan fingerprint density at radius 2 is 2.10 bits per heavy atom. The number of nitrogens with one attached hydrogen (secondary N) is 1. The number of ether oxygens (including phenoxy) is 1. The Hall–Kier alpha value is -1.33. The summed E-state index contributed by atoms with van der Waals surface area (Å²) < 4.78 is 8.64. The first-order chi connectivity index (χ1) is 10.1. The van der Waals surface area contributed by atoms with Crippen LogP contribution in [0.4, 0.5) is 0 Å². The Morgan fingerprint density at radius 3 is 2.71 bits per heavy atom. The van der Waals surface area contributed by atoms with Crippen LogP contribution in [0.1, 0.15) is 29.9 Å². The highest BCUT2D eigenvalue weighted by Gasteiger charge is 2.20. The van der Waals surface area contributed by atoms with Crippen molar-refractivity contribution < 1.29 is 4.74 Å². The van der Waals surface area contributed by atoms with Crippen molar-refractivity contribution in [2.45, 2.75) is 32.9 Å². The molecule has 0 aliphatic heterocycles. The third-order valence-electron chi connectivity index (χ3n) is 3.71. The number of benzene rings is 1. The molecule has 0 radical (unpaired) electrons. The van der Waals surface area contributed by atoms with Gasteiger partial charge in [0.15, 0.2) is 0 Å². The SMILES string of the molecule is CCn1nc(C)c(Br)c1CC(NC)c1ccccc1OC. The van der Waals surface area contributed by atoms with Crippen molar-refractivity contribution in [1.29, 1.82) is 0 Å². The molecular formula is C16H22BrN3O. The van der Waals surface area contributed by atoms with Crippen molar-refractivity contribution in [2.75, 3.05) is 14.2 Å². The summed E-state index contributed by atoms with van der Waals surface area (Å²) in [5.41, 5.74) is 3.40. The van der Waals surface area contributed by atoms with Crippen molar-refractivity contribution in [3.8, 4) is 5.75 Å². The average Bonchev–Trinajstić information content (AvgIpc) is 2.79. The van der Waals surface area contributed by atoms with E-state index in [0.29, 0.717) is 0 Å². The zero-order valence-corrected chi connectivity index (χ0v) is 14.6. The summed E-state index contributed by atoms with van der Waals surface area (Å²) in [7, 11) is 3.69. The van der Waals surface area contributed by atoms with Gasteiger partial charge < -0.3 is 10.1 Å². The summed E-state index contributed by atoms with van der Waals surface area (Å²) in [5, 5.41) is 7.95. The van der Waals surface area contributed by atoms with Crippen molar-refractivity contribution in [3.05, 3.63) is 45.7 Å². The molecule has 2 rings (SSSR count). The van der Waals surface area contributed by atoms with Crippen molar-refractivity contribution >= 4 is 15.9 Å². The van der Waals surface area contributed by atoms with Gasteiger partial charge in [-0.1, -0.05) is 18.2 Å². The van der Waals surface area contributed by atoms with Crippen molar-refractivity contribution in [1.82, 2.24) is 15.1 Å². The molecule has 1 heterocycles. The number of nitrogens with zero attached hydrogens (tertiary/aromatic N) is 2.